The molecule has 0 spiro atoms. The highest BCUT2D eigenvalue weighted by atomic mass is 32.2. The van der Waals surface area contributed by atoms with Crippen molar-refractivity contribution in [3.63, 3.8) is 0 Å². The number of nitrogens with two attached hydrogens (primary N) is 1. The van der Waals surface area contributed by atoms with Crippen LogP contribution in [0.5, 0.6) is 0 Å². The third-order valence-corrected chi connectivity index (χ3v) is 6.08. The van der Waals surface area contributed by atoms with Crippen molar-refractivity contribution in [3.05, 3.63) is 94.3 Å². The first-order valence-electron chi connectivity index (χ1n) is 9.47. The van der Waals surface area contributed by atoms with E-state index in [-0.39, 0.29) is 17.5 Å². The number of hydrogen-bond donors (Lipinski definition) is 1. The van der Waals surface area contributed by atoms with Crippen molar-refractivity contribution < 1.29 is 13.2 Å². The molecular weight excluding hydrogens is 384 g/mol. The molecule has 0 saturated carbocycles. The van der Waals surface area contributed by atoms with E-state index in [4.69, 9.17) is 5.14 Å². The van der Waals surface area contributed by atoms with Gasteiger partial charge in [0, 0.05) is 24.2 Å². The molecule has 1 aromatic heterocycles. The molecule has 0 radical (unpaired) electrons. The first-order chi connectivity index (χ1) is 13.7. The summed E-state index contributed by atoms with van der Waals surface area (Å²) in [4.78, 5) is 13.1. The summed E-state index contributed by atoms with van der Waals surface area (Å²) >= 11 is 0. The van der Waals surface area contributed by atoms with Gasteiger partial charge in [-0.1, -0.05) is 60.2 Å². The number of aryl methyl sites for hydroxylation is 2. The second-order valence-corrected chi connectivity index (χ2v) is 9.22. The Morgan fingerprint density at radius 3 is 2.24 bits per heavy atom. The Balaban J connectivity index is 1.95. The van der Waals surface area contributed by atoms with Crippen molar-refractivity contribution in [3.8, 4) is 0 Å². The summed E-state index contributed by atoms with van der Waals surface area (Å²) in [5, 5.41) is 5.35. The van der Waals surface area contributed by atoms with Crippen LogP contribution < -0.4 is 5.14 Å². The predicted molar refractivity (Wildman–Crippen MR) is 116 cm³/mol. The third kappa shape index (κ3) is 5.02. The van der Waals surface area contributed by atoms with E-state index in [1.807, 2.05) is 86.1 Å². The number of sulfonamides is 1. The summed E-state index contributed by atoms with van der Waals surface area (Å²) in [7, 11) is -1.80. The molecule has 6 heteroatoms. The average Bonchev–Trinajstić information content (AvgIpc) is 2.94. The van der Waals surface area contributed by atoms with Gasteiger partial charge in [0.25, 0.3) is 0 Å². The van der Waals surface area contributed by atoms with E-state index >= 15 is 0 Å². The predicted octanol–water partition coefficient (Wildman–Crippen LogP) is 3.49. The zero-order chi connectivity index (χ0) is 21.2. The van der Waals surface area contributed by atoms with Crippen molar-refractivity contribution in [1.82, 2.24) is 4.57 Å². The molecule has 0 saturated heterocycles. The number of benzene rings is 2. The number of primary sulfonamides is 1. The number of carbonyl (C=O) groups excluding carboxylic acids is 1. The fraction of sp³-hybridized carbons (Fsp3) is 0.261. The quantitative estimate of drug-likeness (QED) is 0.605. The van der Waals surface area contributed by atoms with Crippen molar-refractivity contribution in [2.45, 2.75) is 26.2 Å². The van der Waals surface area contributed by atoms with Crippen LogP contribution in [-0.2, 0) is 23.5 Å². The minimum Gasteiger partial charge on any atom is -0.345 e. The van der Waals surface area contributed by atoms with Gasteiger partial charge in [0.15, 0.2) is 0 Å². The largest absolute Gasteiger partial charge is 0.345 e. The summed E-state index contributed by atoms with van der Waals surface area (Å²) in [5.74, 6) is -0.483. The molecule has 0 bridgehead atoms. The lowest BCUT2D eigenvalue weighted by molar-refractivity contribution is 0.103. The number of aromatic nitrogens is 1. The minimum absolute atomic E-state index is 0.0426. The Morgan fingerprint density at radius 1 is 1.03 bits per heavy atom. The first-order valence-corrected chi connectivity index (χ1v) is 11.2. The van der Waals surface area contributed by atoms with Gasteiger partial charge >= 0.3 is 0 Å². The van der Waals surface area contributed by atoms with Crippen LogP contribution >= 0.6 is 0 Å². The summed E-state index contributed by atoms with van der Waals surface area (Å²) in [6.07, 6.45) is 0.471. The number of carbonyl (C=O) groups is 1. The molecule has 29 heavy (non-hydrogen) atoms. The van der Waals surface area contributed by atoms with Gasteiger partial charge in [-0.2, -0.15) is 0 Å². The normalized spacial score (nSPS) is 12.7. The molecule has 2 aromatic carbocycles. The fourth-order valence-electron chi connectivity index (χ4n) is 3.72. The lowest BCUT2D eigenvalue weighted by atomic mass is 9.96. The van der Waals surface area contributed by atoms with Crippen LogP contribution in [0, 0.1) is 13.8 Å². The molecule has 0 amide bonds. The van der Waals surface area contributed by atoms with Gasteiger partial charge in [-0.25, -0.2) is 13.6 Å². The van der Waals surface area contributed by atoms with Crippen LogP contribution in [0.3, 0.4) is 0 Å². The Morgan fingerprint density at radius 2 is 1.66 bits per heavy atom. The SMILES string of the molecule is Cc1ccc(C(=O)c2c(C)cc(CC(CS(N)(=O)=O)c3ccccc3)n2C)cc1. The van der Waals surface area contributed by atoms with Gasteiger partial charge in [0.1, 0.15) is 0 Å². The van der Waals surface area contributed by atoms with E-state index < -0.39 is 10.0 Å². The Labute approximate surface area is 172 Å². The molecule has 1 unspecified atom stereocenters. The Hall–Kier alpha value is -2.70. The lowest BCUT2D eigenvalue weighted by Gasteiger charge is -2.17. The summed E-state index contributed by atoms with van der Waals surface area (Å²) in [6.45, 7) is 3.89. The Kier molecular flexibility index (Phi) is 6.05. The van der Waals surface area contributed by atoms with E-state index in [0.717, 1.165) is 22.4 Å². The maximum atomic E-state index is 13.1. The molecule has 1 heterocycles. The molecule has 0 aliphatic carbocycles. The van der Waals surface area contributed by atoms with Crippen LogP contribution in [0.4, 0.5) is 0 Å². The zero-order valence-electron chi connectivity index (χ0n) is 16.9. The topological polar surface area (TPSA) is 82.2 Å². The number of nitrogens with zero attached hydrogens (tertiary/aromatic N) is 1. The maximum Gasteiger partial charge on any atom is 0.209 e. The van der Waals surface area contributed by atoms with Gasteiger partial charge in [0.2, 0.25) is 15.8 Å². The molecule has 5 nitrogen and oxygen atoms in total. The van der Waals surface area contributed by atoms with Crippen LogP contribution in [0.15, 0.2) is 60.7 Å². The van der Waals surface area contributed by atoms with Crippen molar-refractivity contribution >= 4 is 15.8 Å². The monoisotopic (exact) mass is 410 g/mol. The number of rotatable bonds is 7. The molecule has 1 atom stereocenters. The highest BCUT2D eigenvalue weighted by molar-refractivity contribution is 7.89. The highest BCUT2D eigenvalue weighted by Gasteiger charge is 2.23. The van der Waals surface area contributed by atoms with Crippen LogP contribution in [0.1, 0.15) is 44.4 Å². The molecule has 0 aliphatic heterocycles. The lowest BCUT2D eigenvalue weighted by Crippen LogP contribution is -2.24. The molecule has 3 rings (SSSR count). The molecule has 0 fully saturated rings. The van der Waals surface area contributed by atoms with Gasteiger partial charge in [-0.3, -0.25) is 4.79 Å². The van der Waals surface area contributed by atoms with Gasteiger partial charge in [-0.15, -0.1) is 0 Å². The number of hydrogen-bond acceptors (Lipinski definition) is 3. The molecule has 3 aromatic rings. The molecular formula is C23H26N2O3S. The average molecular weight is 411 g/mol. The molecule has 0 aliphatic rings. The van der Waals surface area contributed by atoms with E-state index in [1.165, 1.54) is 0 Å². The minimum atomic E-state index is -3.65. The van der Waals surface area contributed by atoms with E-state index in [2.05, 4.69) is 0 Å². The third-order valence-electron chi connectivity index (χ3n) is 5.21. The summed E-state index contributed by atoms with van der Waals surface area (Å²) in [5.41, 5.74) is 5.03. The summed E-state index contributed by atoms with van der Waals surface area (Å²) in [6, 6.07) is 18.9. The van der Waals surface area contributed by atoms with E-state index in [1.54, 1.807) is 0 Å². The highest BCUT2D eigenvalue weighted by Crippen LogP contribution is 2.26. The molecule has 152 valence electrons. The van der Waals surface area contributed by atoms with Crippen molar-refractivity contribution in [2.24, 2.45) is 12.2 Å². The second-order valence-electron chi connectivity index (χ2n) is 7.56. The second kappa shape index (κ2) is 8.35. The molecule has 2 N–H and O–H groups in total. The maximum absolute atomic E-state index is 13.1. The van der Waals surface area contributed by atoms with Crippen LogP contribution in [-0.4, -0.2) is 24.5 Å². The number of ketones is 1. The summed E-state index contributed by atoms with van der Waals surface area (Å²) < 4.78 is 25.5. The van der Waals surface area contributed by atoms with Crippen LogP contribution in [0.2, 0.25) is 0 Å². The van der Waals surface area contributed by atoms with Gasteiger partial charge < -0.3 is 4.57 Å². The fourth-order valence-corrected chi connectivity index (χ4v) is 4.59. The van der Waals surface area contributed by atoms with E-state index in [0.29, 0.717) is 17.7 Å². The van der Waals surface area contributed by atoms with Crippen molar-refractivity contribution in [1.29, 1.82) is 0 Å². The van der Waals surface area contributed by atoms with E-state index in [9.17, 15) is 13.2 Å². The van der Waals surface area contributed by atoms with Gasteiger partial charge in [-0.05, 0) is 37.5 Å². The van der Waals surface area contributed by atoms with Crippen molar-refractivity contribution in [2.75, 3.05) is 5.75 Å². The van der Waals surface area contributed by atoms with Crippen LogP contribution in [0.25, 0.3) is 0 Å². The zero-order valence-corrected chi connectivity index (χ0v) is 17.7. The standard InChI is InChI=1S/C23H26N2O3S/c1-16-9-11-19(12-10-16)23(26)22-17(2)13-21(25(22)3)14-20(15-29(24,27)28)18-7-5-4-6-8-18/h4-13,20H,14-15H2,1-3H3,(H2,24,27,28). The first kappa shape index (κ1) is 21.0. The smallest absolute Gasteiger partial charge is 0.209 e. The van der Waals surface area contributed by atoms with Gasteiger partial charge in [0.05, 0.1) is 11.4 Å². The Bertz CT molecular complexity index is 1110.